The van der Waals surface area contributed by atoms with Crippen molar-refractivity contribution >= 4 is 33.3 Å². The minimum atomic E-state index is -3.86. The van der Waals surface area contributed by atoms with Gasteiger partial charge in [0.1, 0.15) is 12.6 Å². The van der Waals surface area contributed by atoms with E-state index in [1.165, 1.54) is 24.0 Å². The number of hydrogen-bond donors (Lipinski definition) is 1. The number of Topliss-reactive ketones (excluding diaryl/α,β-unsaturated/α-hetero) is 1. The van der Waals surface area contributed by atoms with Gasteiger partial charge in [0.05, 0.1) is 11.9 Å². The van der Waals surface area contributed by atoms with Gasteiger partial charge in [-0.05, 0) is 44.9 Å². The highest BCUT2D eigenvalue weighted by molar-refractivity contribution is 7.92. The van der Waals surface area contributed by atoms with Crippen molar-refractivity contribution < 1.29 is 22.8 Å². The van der Waals surface area contributed by atoms with Gasteiger partial charge in [-0.25, -0.2) is 8.42 Å². The van der Waals surface area contributed by atoms with E-state index >= 15 is 0 Å². The third kappa shape index (κ3) is 8.20. The lowest BCUT2D eigenvalue weighted by atomic mass is 10.1. The van der Waals surface area contributed by atoms with Gasteiger partial charge >= 0.3 is 0 Å². The zero-order valence-electron chi connectivity index (χ0n) is 21.1. The lowest BCUT2D eigenvalue weighted by Gasteiger charge is -2.31. The van der Waals surface area contributed by atoms with E-state index in [2.05, 4.69) is 5.32 Å². The Morgan fingerprint density at radius 2 is 1.71 bits per heavy atom. The van der Waals surface area contributed by atoms with Crippen molar-refractivity contribution in [3.63, 3.8) is 0 Å². The second-order valence-corrected chi connectivity index (χ2v) is 10.6. The number of unbranched alkanes of at least 4 members (excludes halogenated alkanes) is 1. The van der Waals surface area contributed by atoms with E-state index in [0.29, 0.717) is 12.1 Å². The summed E-state index contributed by atoms with van der Waals surface area (Å²) in [7, 11) is -3.86. The molecule has 2 aromatic carbocycles. The highest BCUT2D eigenvalue weighted by atomic mass is 32.2. The molecule has 2 amide bonds. The van der Waals surface area contributed by atoms with Crippen molar-refractivity contribution in [2.75, 3.05) is 23.7 Å². The quantitative estimate of drug-likeness (QED) is 0.355. The lowest BCUT2D eigenvalue weighted by Crippen LogP contribution is -2.51. The number of carbonyl (C=O) groups excluding carboxylic acids is 3. The van der Waals surface area contributed by atoms with Gasteiger partial charge in [0.15, 0.2) is 5.78 Å². The van der Waals surface area contributed by atoms with E-state index in [9.17, 15) is 22.8 Å². The van der Waals surface area contributed by atoms with Crippen LogP contribution in [-0.4, -0.2) is 56.3 Å². The van der Waals surface area contributed by atoms with Gasteiger partial charge in [-0.3, -0.25) is 18.7 Å². The highest BCUT2D eigenvalue weighted by Crippen LogP contribution is 2.21. The number of nitrogens with one attached hydrogen (secondary N) is 1. The van der Waals surface area contributed by atoms with E-state index in [1.807, 2.05) is 38.1 Å². The molecular weight excluding hydrogens is 466 g/mol. The molecular formula is C26H35N3O5S. The molecule has 1 atom stereocenters. The van der Waals surface area contributed by atoms with Crippen LogP contribution in [0, 0.1) is 6.92 Å². The average molecular weight is 502 g/mol. The lowest BCUT2D eigenvalue weighted by molar-refractivity contribution is -0.139. The number of anilines is 1. The van der Waals surface area contributed by atoms with Crippen LogP contribution in [0.5, 0.6) is 0 Å². The molecule has 0 spiro atoms. The average Bonchev–Trinajstić information content (AvgIpc) is 2.81. The van der Waals surface area contributed by atoms with Crippen molar-refractivity contribution in [1.82, 2.24) is 10.2 Å². The third-order valence-corrected chi connectivity index (χ3v) is 6.83. The Kier molecular flexibility index (Phi) is 10.0. The monoisotopic (exact) mass is 501 g/mol. The summed E-state index contributed by atoms with van der Waals surface area (Å²) in [6.07, 6.45) is 2.74. The molecule has 0 aliphatic heterocycles. The number of aryl methyl sites for hydroxylation is 1. The molecule has 2 aromatic rings. The number of amides is 2. The van der Waals surface area contributed by atoms with Gasteiger partial charge in [0.25, 0.3) is 0 Å². The van der Waals surface area contributed by atoms with Gasteiger partial charge in [-0.15, -0.1) is 0 Å². The summed E-state index contributed by atoms with van der Waals surface area (Å²) < 4.78 is 26.2. The molecule has 0 fully saturated rings. The van der Waals surface area contributed by atoms with E-state index in [0.717, 1.165) is 34.5 Å². The van der Waals surface area contributed by atoms with Gasteiger partial charge in [-0.2, -0.15) is 0 Å². The molecule has 0 unspecified atom stereocenters. The molecule has 2 rings (SSSR count). The fraction of sp³-hybridized carbons (Fsp3) is 0.423. The number of carbonyl (C=O) groups is 3. The summed E-state index contributed by atoms with van der Waals surface area (Å²) in [5, 5.41) is 2.85. The van der Waals surface area contributed by atoms with E-state index in [1.54, 1.807) is 19.1 Å². The zero-order valence-corrected chi connectivity index (χ0v) is 21.9. The normalized spacial score (nSPS) is 12.0. The summed E-state index contributed by atoms with van der Waals surface area (Å²) in [5.41, 5.74) is 2.43. The Bertz CT molecular complexity index is 1150. The molecule has 0 saturated carbocycles. The molecule has 1 N–H and O–H groups in total. The van der Waals surface area contributed by atoms with Crippen molar-refractivity contribution in [3.8, 4) is 0 Å². The predicted molar refractivity (Wildman–Crippen MR) is 138 cm³/mol. The Morgan fingerprint density at radius 1 is 1.06 bits per heavy atom. The van der Waals surface area contributed by atoms with Crippen LogP contribution >= 0.6 is 0 Å². The number of ketones is 1. The number of benzene rings is 2. The van der Waals surface area contributed by atoms with E-state index in [-0.39, 0.29) is 23.9 Å². The molecule has 0 bridgehead atoms. The van der Waals surface area contributed by atoms with Gasteiger partial charge in [-0.1, -0.05) is 55.3 Å². The summed E-state index contributed by atoms with van der Waals surface area (Å²) in [6, 6.07) is 12.9. The Hall–Kier alpha value is -3.20. The Balaban J connectivity index is 2.38. The molecule has 8 nitrogen and oxygen atoms in total. The SMILES string of the molecule is CCCCNC(=O)[C@H](C)N(Cc1ccc(C)cc1)C(=O)CN(c1cccc(C(C)=O)c1)S(C)(=O)=O. The van der Waals surface area contributed by atoms with E-state index in [4.69, 9.17) is 0 Å². The molecule has 0 aliphatic carbocycles. The van der Waals surface area contributed by atoms with Crippen LogP contribution in [0.4, 0.5) is 5.69 Å². The molecule has 9 heteroatoms. The van der Waals surface area contributed by atoms with Crippen LogP contribution in [-0.2, 0) is 26.2 Å². The molecule has 35 heavy (non-hydrogen) atoms. The number of nitrogens with zero attached hydrogens (tertiary/aromatic N) is 2. The van der Waals surface area contributed by atoms with Crippen molar-refractivity contribution in [3.05, 3.63) is 65.2 Å². The van der Waals surface area contributed by atoms with Crippen LogP contribution in [0.3, 0.4) is 0 Å². The third-order valence-electron chi connectivity index (χ3n) is 5.69. The maximum atomic E-state index is 13.5. The fourth-order valence-electron chi connectivity index (χ4n) is 3.50. The van der Waals surface area contributed by atoms with Gasteiger partial charge < -0.3 is 10.2 Å². The number of sulfonamides is 1. The summed E-state index contributed by atoms with van der Waals surface area (Å²) >= 11 is 0. The van der Waals surface area contributed by atoms with Crippen molar-refractivity contribution in [1.29, 1.82) is 0 Å². The van der Waals surface area contributed by atoms with Gasteiger partial charge in [0, 0.05) is 18.7 Å². The maximum Gasteiger partial charge on any atom is 0.244 e. The van der Waals surface area contributed by atoms with Crippen LogP contribution < -0.4 is 9.62 Å². The van der Waals surface area contributed by atoms with E-state index < -0.39 is 28.5 Å². The fourth-order valence-corrected chi connectivity index (χ4v) is 4.34. The number of rotatable bonds is 12. The molecule has 0 aromatic heterocycles. The zero-order chi connectivity index (χ0) is 26.2. The smallest absolute Gasteiger partial charge is 0.244 e. The number of hydrogen-bond acceptors (Lipinski definition) is 5. The standard InChI is InChI=1S/C26H35N3O5S/c1-6-7-15-27-26(32)20(3)28(17-22-13-11-19(2)12-14-22)25(31)18-29(35(5,33)34)24-10-8-9-23(16-24)21(4)30/h8-14,16,20H,6-7,15,17-18H2,1-5H3,(H,27,32)/t20-/m0/s1. The van der Waals surface area contributed by atoms with Crippen LogP contribution in [0.2, 0.25) is 0 Å². The molecule has 190 valence electrons. The first-order valence-electron chi connectivity index (χ1n) is 11.7. The Morgan fingerprint density at radius 3 is 2.29 bits per heavy atom. The Labute approximate surface area is 208 Å². The first kappa shape index (κ1) is 28.0. The summed E-state index contributed by atoms with van der Waals surface area (Å²) in [4.78, 5) is 39.5. The van der Waals surface area contributed by atoms with Crippen LogP contribution in [0.25, 0.3) is 0 Å². The van der Waals surface area contributed by atoms with Crippen molar-refractivity contribution in [2.45, 2.75) is 53.1 Å². The van der Waals surface area contributed by atoms with Crippen LogP contribution in [0.1, 0.15) is 55.1 Å². The molecule has 0 aliphatic rings. The molecule has 0 radical (unpaired) electrons. The van der Waals surface area contributed by atoms with Gasteiger partial charge in [0.2, 0.25) is 21.8 Å². The molecule has 0 heterocycles. The summed E-state index contributed by atoms with van der Waals surface area (Å²) in [5.74, 6) is -1.05. The second kappa shape index (κ2) is 12.5. The highest BCUT2D eigenvalue weighted by Gasteiger charge is 2.30. The first-order valence-corrected chi connectivity index (χ1v) is 13.5. The second-order valence-electron chi connectivity index (χ2n) is 8.70. The maximum absolute atomic E-state index is 13.5. The summed E-state index contributed by atoms with van der Waals surface area (Å²) in [6.45, 7) is 7.13. The minimum absolute atomic E-state index is 0.145. The van der Waals surface area contributed by atoms with Crippen molar-refractivity contribution in [2.24, 2.45) is 0 Å². The predicted octanol–water partition coefficient (Wildman–Crippen LogP) is 3.30. The largest absolute Gasteiger partial charge is 0.354 e. The molecule has 0 saturated heterocycles. The minimum Gasteiger partial charge on any atom is -0.354 e. The topological polar surface area (TPSA) is 104 Å². The van der Waals surface area contributed by atoms with Crippen LogP contribution in [0.15, 0.2) is 48.5 Å². The first-order chi connectivity index (χ1) is 16.4.